The highest BCUT2D eigenvalue weighted by molar-refractivity contribution is 6.35. The Morgan fingerprint density at radius 1 is 0.651 bits per heavy atom. The summed E-state index contributed by atoms with van der Waals surface area (Å²) in [6.45, 7) is 1.56. The summed E-state index contributed by atoms with van der Waals surface area (Å²) in [7, 11) is 1.69. The molecule has 6 rings (SSSR count). The number of hydrogen-bond acceptors (Lipinski definition) is 5. The molecule has 1 saturated heterocycles. The van der Waals surface area contributed by atoms with Crippen LogP contribution in [-0.4, -0.2) is 42.7 Å². The van der Waals surface area contributed by atoms with Crippen LogP contribution in [0.1, 0.15) is 22.9 Å². The molecule has 0 N–H and O–H groups in total. The van der Waals surface area contributed by atoms with Gasteiger partial charge < -0.3 is 28.3 Å². The van der Waals surface area contributed by atoms with Crippen molar-refractivity contribution in [1.29, 1.82) is 0 Å². The topological polar surface area (TPSA) is 51.1 Å². The van der Waals surface area contributed by atoms with Gasteiger partial charge in [-0.15, -0.1) is 0 Å². The fourth-order valence-electron chi connectivity index (χ4n) is 5.69. The summed E-state index contributed by atoms with van der Waals surface area (Å²) in [5, 5.41) is 1.66. The molecule has 1 fully saturated rings. The van der Waals surface area contributed by atoms with Crippen LogP contribution < -0.4 is 0 Å². The Morgan fingerprint density at radius 2 is 1.23 bits per heavy atom. The van der Waals surface area contributed by atoms with Gasteiger partial charge in [0.15, 0.2) is 6.23 Å². The summed E-state index contributed by atoms with van der Waals surface area (Å²) in [6.07, 6.45) is -0.434. The van der Waals surface area contributed by atoms with Crippen LogP contribution in [0.5, 0.6) is 0 Å². The van der Waals surface area contributed by atoms with E-state index in [9.17, 15) is 0 Å². The number of ether oxygens (including phenoxy) is 5. The maximum atomic E-state index is 6.87. The quantitative estimate of drug-likeness (QED) is 0.148. The highest BCUT2D eigenvalue weighted by Gasteiger charge is 2.49. The van der Waals surface area contributed by atoms with Crippen LogP contribution in [0.3, 0.4) is 0 Å². The average molecular weight is 598 g/mol. The molecule has 0 bridgehead atoms. The van der Waals surface area contributed by atoms with Crippen LogP contribution >= 0.6 is 11.6 Å². The summed E-state index contributed by atoms with van der Waals surface area (Å²) in [5.41, 5.74) is 4.09. The molecule has 0 saturated carbocycles. The SMILES string of the molecule is CO[C@H]1[C@H](OCc2ccccc2)[C@@H](OCc2ccccc2)[C@H](n2ccc3cccc(Cl)c32)O[C@@H]1COCc1ccccc1. The van der Waals surface area contributed by atoms with Crippen molar-refractivity contribution in [3.63, 3.8) is 0 Å². The predicted octanol–water partition coefficient (Wildman–Crippen LogP) is 7.59. The number of para-hydroxylation sites is 1. The minimum atomic E-state index is -0.557. The third-order valence-electron chi connectivity index (χ3n) is 7.81. The Morgan fingerprint density at radius 3 is 1.84 bits per heavy atom. The molecule has 2 heterocycles. The Balaban J connectivity index is 1.35. The van der Waals surface area contributed by atoms with E-state index >= 15 is 0 Å². The van der Waals surface area contributed by atoms with Crippen molar-refractivity contribution in [2.45, 2.75) is 50.5 Å². The van der Waals surface area contributed by atoms with E-state index < -0.39 is 30.6 Å². The number of aromatic nitrogens is 1. The summed E-state index contributed by atoms with van der Waals surface area (Å²) >= 11 is 6.77. The minimum Gasteiger partial charge on any atom is -0.376 e. The number of fused-ring (bicyclic) bond motifs is 1. The van der Waals surface area contributed by atoms with E-state index in [2.05, 4.69) is 28.8 Å². The number of hydrogen-bond donors (Lipinski definition) is 0. The second-order valence-corrected chi connectivity index (χ2v) is 11.1. The molecule has 4 aromatic carbocycles. The molecule has 0 unspecified atom stereocenters. The average Bonchev–Trinajstić information content (AvgIpc) is 3.49. The van der Waals surface area contributed by atoms with Crippen molar-refractivity contribution < 1.29 is 23.7 Å². The van der Waals surface area contributed by atoms with Crippen LogP contribution in [0.15, 0.2) is 121 Å². The molecule has 7 heteroatoms. The van der Waals surface area contributed by atoms with Crippen LogP contribution in [0.4, 0.5) is 0 Å². The van der Waals surface area contributed by atoms with Gasteiger partial charge in [-0.3, -0.25) is 0 Å². The molecule has 1 aromatic heterocycles. The van der Waals surface area contributed by atoms with Gasteiger partial charge in [0, 0.05) is 18.7 Å². The fraction of sp³-hybridized carbons (Fsp3) is 0.278. The monoisotopic (exact) mass is 597 g/mol. The van der Waals surface area contributed by atoms with Gasteiger partial charge in [-0.05, 0) is 28.8 Å². The van der Waals surface area contributed by atoms with Gasteiger partial charge in [-0.2, -0.15) is 0 Å². The second-order valence-electron chi connectivity index (χ2n) is 10.7. The van der Waals surface area contributed by atoms with E-state index in [0.29, 0.717) is 31.5 Å². The normalized spacial score (nSPS) is 22.1. The molecular weight excluding hydrogens is 562 g/mol. The fourth-order valence-corrected chi connectivity index (χ4v) is 5.97. The molecular formula is C36H36ClNO5. The van der Waals surface area contributed by atoms with Gasteiger partial charge in [0.1, 0.15) is 24.4 Å². The van der Waals surface area contributed by atoms with Crippen LogP contribution in [0.25, 0.3) is 10.9 Å². The van der Waals surface area contributed by atoms with Gasteiger partial charge in [0.25, 0.3) is 0 Å². The minimum absolute atomic E-state index is 0.313. The first-order chi connectivity index (χ1) is 21.2. The lowest BCUT2D eigenvalue weighted by Gasteiger charge is -2.46. The van der Waals surface area contributed by atoms with Gasteiger partial charge in [0.2, 0.25) is 0 Å². The molecule has 5 aromatic rings. The number of halogens is 1. The summed E-state index contributed by atoms with van der Waals surface area (Å²) < 4.78 is 34.7. The zero-order valence-corrected chi connectivity index (χ0v) is 24.9. The molecule has 43 heavy (non-hydrogen) atoms. The summed E-state index contributed by atoms with van der Waals surface area (Å²) in [6, 6.07) is 38.3. The van der Waals surface area contributed by atoms with Gasteiger partial charge in [0.05, 0.1) is 37.0 Å². The van der Waals surface area contributed by atoms with Crippen molar-refractivity contribution in [3.8, 4) is 0 Å². The summed E-state index contributed by atoms with van der Waals surface area (Å²) in [4.78, 5) is 0. The van der Waals surface area contributed by atoms with Crippen molar-refractivity contribution in [3.05, 3.63) is 143 Å². The van der Waals surface area contributed by atoms with E-state index in [1.54, 1.807) is 7.11 Å². The van der Waals surface area contributed by atoms with Crippen LogP contribution in [0, 0.1) is 0 Å². The number of rotatable bonds is 12. The standard InChI is InChI=1S/C36H36ClNO5/c1-39-33-31(25-40-22-26-12-5-2-6-13-26)43-36(38-21-20-29-18-11-19-30(37)32(29)38)35(42-24-28-16-9-4-10-17-28)34(33)41-23-27-14-7-3-8-15-27/h2-21,31,33-36H,22-25H2,1H3/t31-,33-,34+,35-,36-/m1/s1. The maximum Gasteiger partial charge on any atom is 0.163 e. The molecule has 1 aliphatic rings. The van der Waals surface area contributed by atoms with E-state index in [1.165, 1.54) is 0 Å². The molecule has 0 amide bonds. The van der Waals surface area contributed by atoms with Crippen molar-refractivity contribution in [2.75, 3.05) is 13.7 Å². The first kappa shape index (κ1) is 29.6. The number of methoxy groups -OCH3 is 1. The largest absolute Gasteiger partial charge is 0.376 e. The molecule has 0 spiro atoms. The lowest BCUT2D eigenvalue weighted by atomic mass is 9.97. The van der Waals surface area contributed by atoms with Crippen molar-refractivity contribution in [2.24, 2.45) is 0 Å². The Bertz CT molecular complexity index is 1560. The van der Waals surface area contributed by atoms with E-state index in [4.69, 9.17) is 35.3 Å². The van der Waals surface area contributed by atoms with E-state index in [-0.39, 0.29) is 0 Å². The zero-order valence-electron chi connectivity index (χ0n) is 24.1. The highest BCUT2D eigenvalue weighted by Crippen LogP contribution is 2.38. The Labute approximate surface area is 257 Å². The first-order valence-corrected chi connectivity index (χ1v) is 14.9. The molecule has 1 aliphatic heterocycles. The van der Waals surface area contributed by atoms with Gasteiger partial charge in [-0.1, -0.05) is 115 Å². The van der Waals surface area contributed by atoms with E-state index in [1.807, 2.05) is 97.2 Å². The van der Waals surface area contributed by atoms with Crippen LogP contribution in [0.2, 0.25) is 5.02 Å². The molecule has 0 aliphatic carbocycles. The van der Waals surface area contributed by atoms with Gasteiger partial charge >= 0.3 is 0 Å². The van der Waals surface area contributed by atoms with Crippen LogP contribution in [-0.2, 0) is 43.5 Å². The third kappa shape index (κ3) is 7.02. The lowest BCUT2D eigenvalue weighted by molar-refractivity contribution is -0.283. The smallest absolute Gasteiger partial charge is 0.163 e. The Hall–Kier alpha value is -3.49. The van der Waals surface area contributed by atoms with Gasteiger partial charge in [-0.25, -0.2) is 0 Å². The molecule has 222 valence electrons. The Kier molecular flexibility index (Phi) is 9.85. The second kappa shape index (κ2) is 14.3. The maximum absolute atomic E-state index is 6.87. The zero-order chi connectivity index (χ0) is 29.4. The predicted molar refractivity (Wildman–Crippen MR) is 168 cm³/mol. The van der Waals surface area contributed by atoms with Crippen molar-refractivity contribution >= 4 is 22.5 Å². The molecule has 6 nitrogen and oxygen atoms in total. The van der Waals surface area contributed by atoms with E-state index in [0.717, 1.165) is 27.6 Å². The van der Waals surface area contributed by atoms with Crippen molar-refractivity contribution in [1.82, 2.24) is 4.57 Å². The molecule has 5 atom stereocenters. The highest BCUT2D eigenvalue weighted by atomic mass is 35.5. The number of benzene rings is 4. The lowest BCUT2D eigenvalue weighted by Crippen LogP contribution is -2.59. The third-order valence-corrected chi connectivity index (χ3v) is 8.12. The first-order valence-electron chi connectivity index (χ1n) is 14.6. The summed E-state index contributed by atoms with van der Waals surface area (Å²) in [5.74, 6) is 0. The molecule has 0 radical (unpaired) electrons. The number of nitrogens with zero attached hydrogens (tertiary/aromatic N) is 1.